The predicted octanol–water partition coefficient (Wildman–Crippen LogP) is 3.97. The molecule has 182 valence electrons. The van der Waals surface area contributed by atoms with Crippen LogP contribution in [-0.4, -0.2) is 44.6 Å². The fraction of sp³-hybridized carbons (Fsp3) is 0.455. The van der Waals surface area contributed by atoms with Crippen LogP contribution in [-0.2, 0) is 10.9 Å². The molecule has 4 heterocycles. The standard InChI is InChI=1S/C22H25F3N6O3/c1-21(2,3)34-20(32)30-8-4-7-13(11-30)16-15(22(23,24)25)17(29-19(26)28-16)14-10-12-6-5-9-31(33)18(12)27-14/h5-6,9-10,13,27H,4,7-8,11H2,1-3H3,(H2,26,28,29). The van der Waals surface area contributed by atoms with Gasteiger partial charge in [0.2, 0.25) is 5.95 Å². The third-order valence-electron chi connectivity index (χ3n) is 5.50. The second-order valence-electron chi connectivity index (χ2n) is 9.27. The largest absolute Gasteiger partial charge is 0.711 e. The van der Waals surface area contributed by atoms with Gasteiger partial charge in [0.1, 0.15) is 16.9 Å². The van der Waals surface area contributed by atoms with Crippen LogP contribution in [0.4, 0.5) is 23.9 Å². The third-order valence-corrected chi connectivity index (χ3v) is 5.50. The van der Waals surface area contributed by atoms with E-state index in [1.807, 2.05) is 0 Å². The molecule has 3 aromatic heterocycles. The Bertz CT molecular complexity index is 1240. The van der Waals surface area contributed by atoms with E-state index in [1.165, 1.54) is 23.2 Å². The van der Waals surface area contributed by atoms with Gasteiger partial charge in [-0.2, -0.15) is 13.2 Å². The molecule has 0 saturated carbocycles. The van der Waals surface area contributed by atoms with Crippen LogP contribution in [0.2, 0.25) is 0 Å². The van der Waals surface area contributed by atoms with Gasteiger partial charge in [-0.05, 0) is 45.7 Å². The summed E-state index contributed by atoms with van der Waals surface area (Å²) in [5.41, 5.74) is 3.43. The van der Waals surface area contributed by atoms with Gasteiger partial charge >= 0.3 is 12.3 Å². The lowest BCUT2D eigenvalue weighted by Crippen LogP contribution is -2.42. The van der Waals surface area contributed by atoms with Gasteiger partial charge in [0.15, 0.2) is 5.69 Å². The lowest BCUT2D eigenvalue weighted by atomic mass is 9.90. The van der Waals surface area contributed by atoms with Crippen molar-refractivity contribution in [3.63, 3.8) is 0 Å². The molecule has 4 rings (SSSR count). The van der Waals surface area contributed by atoms with E-state index in [0.29, 0.717) is 29.5 Å². The van der Waals surface area contributed by atoms with Gasteiger partial charge < -0.3 is 20.6 Å². The van der Waals surface area contributed by atoms with E-state index in [2.05, 4.69) is 15.0 Å². The highest BCUT2D eigenvalue weighted by atomic mass is 19.4. The molecule has 1 fully saturated rings. The van der Waals surface area contributed by atoms with E-state index < -0.39 is 35.0 Å². The fourth-order valence-corrected chi connectivity index (χ4v) is 4.15. The Balaban J connectivity index is 1.79. The number of H-pyrrole nitrogens is 1. The van der Waals surface area contributed by atoms with Crippen molar-refractivity contribution in [1.29, 1.82) is 0 Å². The number of anilines is 1. The SMILES string of the molecule is CC(C)(C)OC(=O)N1CCCC(c2nc(N)nc(-c3cc4ccc[n+]([O-])c4[nH]3)c2C(F)(F)F)C1. The Kier molecular flexibility index (Phi) is 5.78. The Morgan fingerprint density at radius 2 is 2.06 bits per heavy atom. The molecule has 12 heteroatoms. The first-order chi connectivity index (χ1) is 15.8. The zero-order valence-electron chi connectivity index (χ0n) is 18.9. The summed E-state index contributed by atoms with van der Waals surface area (Å²) in [6.45, 7) is 5.53. The van der Waals surface area contributed by atoms with Gasteiger partial charge in [0, 0.05) is 25.1 Å². The highest BCUT2D eigenvalue weighted by Crippen LogP contribution is 2.42. The molecule has 1 saturated heterocycles. The summed E-state index contributed by atoms with van der Waals surface area (Å²) in [4.78, 5) is 24.5. The molecule has 1 aliphatic rings. The Morgan fingerprint density at radius 3 is 2.71 bits per heavy atom. The number of rotatable bonds is 2. The van der Waals surface area contributed by atoms with E-state index in [4.69, 9.17) is 10.5 Å². The number of ether oxygens (including phenoxy) is 1. The molecule has 0 aliphatic carbocycles. The van der Waals surface area contributed by atoms with E-state index in [1.54, 1.807) is 26.8 Å². The van der Waals surface area contributed by atoms with Crippen molar-refractivity contribution in [3.05, 3.63) is 40.9 Å². The second-order valence-corrected chi connectivity index (χ2v) is 9.27. The summed E-state index contributed by atoms with van der Waals surface area (Å²) in [5.74, 6) is -1.06. The number of likely N-dealkylation sites (tertiary alicyclic amines) is 1. The number of carbonyl (C=O) groups is 1. The zero-order valence-corrected chi connectivity index (χ0v) is 18.9. The van der Waals surface area contributed by atoms with Gasteiger partial charge in [0.05, 0.1) is 17.3 Å². The summed E-state index contributed by atoms with van der Waals surface area (Å²) >= 11 is 0. The van der Waals surface area contributed by atoms with Crippen molar-refractivity contribution in [1.82, 2.24) is 19.9 Å². The number of amides is 1. The van der Waals surface area contributed by atoms with Crippen LogP contribution in [0, 0.1) is 5.21 Å². The number of halogens is 3. The molecule has 1 atom stereocenters. The highest BCUT2D eigenvalue weighted by molar-refractivity contribution is 5.81. The van der Waals surface area contributed by atoms with Crippen LogP contribution < -0.4 is 10.5 Å². The number of aromatic nitrogens is 4. The lowest BCUT2D eigenvalue weighted by Gasteiger charge is -2.34. The van der Waals surface area contributed by atoms with Crippen LogP contribution in [0.25, 0.3) is 22.4 Å². The first-order valence-corrected chi connectivity index (χ1v) is 10.8. The normalized spacial score (nSPS) is 17.2. The number of nitrogens with zero attached hydrogens (tertiary/aromatic N) is 4. The summed E-state index contributed by atoms with van der Waals surface area (Å²) in [5, 5.41) is 12.5. The fourth-order valence-electron chi connectivity index (χ4n) is 4.15. The molecule has 0 radical (unpaired) electrons. The molecule has 3 aromatic rings. The summed E-state index contributed by atoms with van der Waals surface area (Å²) in [6.07, 6.45) is -3.31. The molecule has 1 amide bonds. The van der Waals surface area contributed by atoms with E-state index in [-0.39, 0.29) is 29.5 Å². The molecule has 0 bridgehead atoms. The molecule has 1 unspecified atom stereocenters. The second kappa shape index (κ2) is 8.33. The van der Waals surface area contributed by atoms with Crippen molar-refractivity contribution in [3.8, 4) is 11.4 Å². The number of nitrogens with two attached hydrogens (primary N) is 1. The number of nitrogens with one attached hydrogen (secondary N) is 1. The number of hydrogen-bond acceptors (Lipinski definition) is 6. The van der Waals surface area contributed by atoms with Gasteiger partial charge in [-0.15, -0.1) is 0 Å². The van der Waals surface area contributed by atoms with Crippen LogP contribution in [0.3, 0.4) is 0 Å². The van der Waals surface area contributed by atoms with Gasteiger partial charge in [-0.1, -0.05) is 0 Å². The van der Waals surface area contributed by atoms with Crippen molar-refractivity contribution >= 4 is 23.1 Å². The third kappa shape index (κ3) is 4.70. The van der Waals surface area contributed by atoms with Crippen molar-refractivity contribution in [2.45, 2.75) is 51.3 Å². The average molecular weight is 478 g/mol. The molecule has 34 heavy (non-hydrogen) atoms. The Labute approximate surface area is 193 Å². The molecule has 3 N–H and O–H groups in total. The summed E-state index contributed by atoms with van der Waals surface area (Å²) in [7, 11) is 0. The first-order valence-electron chi connectivity index (χ1n) is 10.8. The maximum atomic E-state index is 14.4. The minimum absolute atomic E-state index is 0.00114. The van der Waals surface area contributed by atoms with Gasteiger partial charge in [0.25, 0.3) is 5.65 Å². The van der Waals surface area contributed by atoms with E-state index >= 15 is 0 Å². The minimum Gasteiger partial charge on any atom is -0.711 e. The molecule has 0 aromatic carbocycles. The summed E-state index contributed by atoms with van der Waals surface area (Å²) < 4.78 is 49.1. The van der Waals surface area contributed by atoms with Gasteiger partial charge in [-0.25, -0.2) is 24.5 Å². The number of aromatic amines is 1. The zero-order chi connectivity index (χ0) is 24.8. The monoisotopic (exact) mass is 478 g/mol. The smallest absolute Gasteiger partial charge is 0.420 e. The number of alkyl halides is 3. The quantitative estimate of drug-likeness (QED) is 0.424. The van der Waals surface area contributed by atoms with Gasteiger partial charge in [-0.3, -0.25) is 0 Å². The lowest BCUT2D eigenvalue weighted by molar-refractivity contribution is -0.579. The van der Waals surface area contributed by atoms with Crippen molar-refractivity contribution in [2.75, 3.05) is 18.8 Å². The first kappa shape index (κ1) is 23.6. The molecular formula is C22H25F3N6O3. The summed E-state index contributed by atoms with van der Waals surface area (Å²) in [6, 6.07) is 4.51. The molecule has 1 aliphatic heterocycles. The average Bonchev–Trinajstić information content (AvgIpc) is 3.17. The van der Waals surface area contributed by atoms with Crippen LogP contribution >= 0.6 is 0 Å². The number of hydrogen-bond donors (Lipinski definition) is 2. The highest BCUT2D eigenvalue weighted by Gasteiger charge is 2.43. The Hall–Kier alpha value is -3.57. The van der Waals surface area contributed by atoms with E-state index in [0.717, 1.165) is 0 Å². The number of pyridine rings is 1. The van der Waals surface area contributed by atoms with Crippen molar-refractivity contribution in [2.24, 2.45) is 0 Å². The van der Waals surface area contributed by atoms with Crippen LogP contribution in [0.1, 0.15) is 50.8 Å². The van der Waals surface area contributed by atoms with Crippen LogP contribution in [0.15, 0.2) is 24.4 Å². The number of fused-ring (bicyclic) bond motifs is 1. The number of carbonyl (C=O) groups excluding carboxylic acids is 1. The molecular weight excluding hydrogens is 453 g/mol. The predicted molar refractivity (Wildman–Crippen MR) is 117 cm³/mol. The maximum absolute atomic E-state index is 14.4. The van der Waals surface area contributed by atoms with E-state index in [9.17, 15) is 23.2 Å². The van der Waals surface area contributed by atoms with Crippen molar-refractivity contribution < 1.29 is 27.4 Å². The number of piperidine rings is 1. The minimum atomic E-state index is -4.81. The Morgan fingerprint density at radius 1 is 1.32 bits per heavy atom. The molecule has 0 spiro atoms. The van der Waals surface area contributed by atoms with Crippen LogP contribution in [0.5, 0.6) is 0 Å². The maximum Gasteiger partial charge on any atom is 0.420 e. The molecule has 9 nitrogen and oxygen atoms in total. The number of nitrogen functional groups attached to an aromatic ring is 1. The topological polar surface area (TPSA) is 124 Å².